The summed E-state index contributed by atoms with van der Waals surface area (Å²) in [7, 11) is 1.56. The Morgan fingerprint density at radius 2 is 2.50 bits per heavy atom. The predicted octanol–water partition coefficient (Wildman–Crippen LogP) is -0.607. The van der Waals surface area contributed by atoms with Crippen LogP contribution in [0.2, 0.25) is 0 Å². The zero-order valence-corrected chi connectivity index (χ0v) is 11.1. The Kier molecular flexibility index (Phi) is 4.36. The van der Waals surface area contributed by atoms with Crippen LogP contribution in [0.1, 0.15) is 10.5 Å². The molecule has 1 atom stereocenters. The lowest BCUT2D eigenvalue weighted by Crippen LogP contribution is -2.48. The van der Waals surface area contributed by atoms with Crippen LogP contribution in [0.15, 0.2) is 23.5 Å². The number of oxime groups is 1. The molecule has 1 amide bonds. The minimum atomic E-state index is -0.467. The molecule has 1 unspecified atom stereocenters. The monoisotopic (exact) mass is 279 g/mol. The normalized spacial score (nSPS) is 19.8. The molecule has 0 saturated carbocycles. The standard InChI is InChI=1S/C12H17N5O3/c1-14-12(18)9-6-8(2-3-15-9)17-4-5-20-10(7-17)11(13)16-19/h2-3,6,10,19H,4-5,7H2,1H3,(H2,13,16)(H,14,18). The summed E-state index contributed by atoms with van der Waals surface area (Å²) in [4.78, 5) is 17.6. The highest BCUT2D eigenvalue weighted by Gasteiger charge is 2.24. The van der Waals surface area contributed by atoms with Gasteiger partial charge in [-0.1, -0.05) is 5.16 Å². The second kappa shape index (κ2) is 6.20. The number of aromatic nitrogens is 1. The molecule has 2 heterocycles. The highest BCUT2D eigenvalue weighted by atomic mass is 16.5. The fraction of sp³-hybridized carbons (Fsp3) is 0.417. The Hall–Kier alpha value is -2.35. The van der Waals surface area contributed by atoms with Crippen molar-refractivity contribution in [2.24, 2.45) is 10.9 Å². The smallest absolute Gasteiger partial charge is 0.269 e. The molecule has 1 aliphatic heterocycles. The number of carbonyl (C=O) groups is 1. The van der Waals surface area contributed by atoms with Gasteiger partial charge in [-0.3, -0.25) is 9.78 Å². The zero-order chi connectivity index (χ0) is 14.5. The quantitative estimate of drug-likeness (QED) is 0.294. The number of carbonyl (C=O) groups excluding carboxylic acids is 1. The molecule has 1 aliphatic rings. The van der Waals surface area contributed by atoms with E-state index in [2.05, 4.69) is 15.5 Å². The first-order valence-electron chi connectivity index (χ1n) is 6.17. The number of rotatable bonds is 3. The maximum atomic E-state index is 11.6. The van der Waals surface area contributed by atoms with E-state index < -0.39 is 6.10 Å². The number of nitrogens with one attached hydrogen (secondary N) is 1. The van der Waals surface area contributed by atoms with Crippen LogP contribution in [0.5, 0.6) is 0 Å². The van der Waals surface area contributed by atoms with Crippen LogP contribution in [0.4, 0.5) is 5.69 Å². The van der Waals surface area contributed by atoms with Crippen LogP contribution in [-0.4, -0.2) is 54.8 Å². The Morgan fingerprint density at radius 3 is 3.20 bits per heavy atom. The van der Waals surface area contributed by atoms with Gasteiger partial charge < -0.3 is 25.9 Å². The van der Waals surface area contributed by atoms with E-state index in [0.717, 1.165) is 5.69 Å². The summed E-state index contributed by atoms with van der Waals surface area (Å²) in [5.74, 6) is -0.205. The van der Waals surface area contributed by atoms with Crippen LogP contribution in [0.25, 0.3) is 0 Å². The summed E-state index contributed by atoms with van der Waals surface area (Å²) < 4.78 is 5.43. The molecule has 2 rings (SSSR count). The molecule has 1 saturated heterocycles. The number of nitrogens with zero attached hydrogens (tertiary/aromatic N) is 3. The molecule has 1 fully saturated rings. The number of amidine groups is 1. The second-order valence-corrected chi connectivity index (χ2v) is 4.31. The van der Waals surface area contributed by atoms with E-state index >= 15 is 0 Å². The number of hydrogen-bond acceptors (Lipinski definition) is 6. The Balaban J connectivity index is 2.17. The van der Waals surface area contributed by atoms with Gasteiger partial charge in [0.25, 0.3) is 5.91 Å². The maximum absolute atomic E-state index is 11.6. The van der Waals surface area contributed by atoms with E-state index in [-0.39, 0.29) is 11.7 Å². The average Bonchev–Trinajstić information content (AvgIpc) is 2.53. The van der Waals surface area contributed by atoms with Gasteiger partial charge in [0.05, 0.1) is 13.2 Å². The number of morpholine rings is 1. The Labute approximate surface area is 116 Å². The molecule has 0 spiro atoms. The van der Waals surface area contributed by atoms with Crippen LogP contribution in [0, 0.1) is 0 Å². The number of hydrogen-bond donors (Lipinski definition) is 3. The van der Waals surface area contributed by atoms with Crippen LogP contribution in [0.3, 0.4) is 0 Å². The molecule has 4 N–H and O–H groups in total. The topological polar surface area (TPSA) is 113 Å². The molecule has 0 radical (unpaired) electrons. The number of anilines is 1. The summed E-state index contributed by atoms with van der Waals surface area (Å²) in [5, 5.41) is 14.2. The van der Waals surface area contributed by atoms with Crippen molar-refractivity contribution in [1.29, 1.82) is 0 Å². The fourth-order valence-electron chi connectivity index (χ4n) is 2.00. The lowest BCUT2D eigenvalue weighted by Gasteiger charge is -2.33. The van der Waals surface area contributed by atoms with Gasteiger partial charge in [0.1, 0.15) is 11.8 Å². The van der Waals surface area contributed by atoms with Crippen molar-refractivity contribution in [1.82, 2.24) is 10.3 Å². The van der Waals surface area contributed by atoms with E-state index in [9.17, 15) is 4.79 Å². The molecule has 8 nitrogen and oxygen atoms in total. The highest BCUT2D eigenvalue weighted by molar-refractivity contribution is 5.93. The second-order valence-electron chi connectivity index (χ2n) is 4.31. The van der Waals surface area contributed by atoms with Gasteiger partial charge in [-0.05, 0) is 12.1 Å². The van der Waals surface area contributed by atoms with Crippen LogP contribution < -0.4 is 16.0 Å². The lowest BCUT2D eigenvalue weighted by atomic mass is 10.2. The first-order valence-corrected chi connectivity index (χ1v) is 6.17. The van der Waals surface area contributed by atoms with Crippen LogP contribution >= 0.6 is 0 Å². The highest BCUT2D eigenvalue weighted by Crippen LogP contribution is 2.18. The van der Waals surface area contributed by atoms with Crippen molar-refractivity contribution in [2.75, 3.05) is 31.6 Å². The first-order chi connectivity index (χ1) is 9.65. The van der Waals surface area contributed by atoms with Crippen molar-refractivity contribution in [3.8, 4) is 0 Å². The summed E-state index contributed by atoms with van der Waals surface area (Å²) in [5.41, 5.74) is 6.75. The summed E-state index contributed by atoms with van der Waals surface area (Å²) >= 11 is 0. The fourth-order valence-corrected chi connectivity index (χ4v) is 2.00. The summed E-state index contributed by atoms with van der Waals surface area (Å²) in [6.45, 7) is 1.57. The SMILES string of the molecule is CNC(=O)c1cc(N2CCOC(C(N)=NO)C2)ccn1. The van der Waals surface area contributed by atoms with Crippen molar-refractivity contribution in [3.05, 3.63) is 24.0 Å². The van der Waals surface area contributed by atoms with Crippen LogP contribution in [-0.2, 0) is 4.74 Å². The number of pyridine rings is 1. The van der Waals surface area contributed by atoms with Gasteiger partial charge in [0.2, 0.25) is 0 Å². The molecule has 20 heavy (non-hydrogen) atoms. The van der Waals surface area contributed by atoms with Gasteiger partial charge in [-0.15, -0.1) is 0 Å². The van der Waals surface area contributed by atoms with E-state index in [1.165, 1.54) is 0 Å². The third-order valence-corrected chi connectivity index (χ3v) is 3.08. The molecule has 1 aromatic heterocycles. The third kappa shape index (κ3) is 2.97. The third-order valence-electron chi connectivity index (χ3n) is 3.08. The van der Waals surface area contributed by atoms with E-state index in [0.29, 0.717) is 25.4 Å². The van der Waals surface area contributed by atoms with Gasteiger partial charge in [-0.25, -0.2) is 0 Å². The van der Waals surface area contributed by atoms with E-state index in [4.69, 9.17) is 15.7 Å². The molecular formula is C12H17N5O3. The van der Waals surface area contributed by atoms with E-state index in [1.54, 1.807) is 25.4 Å². The molecule has 0 aromatic carbocycles. The summed E-state index contributed by atoms with van der Waals surface area (Å²) in [6, 6.07) is 3.51. The van der Waals surface area contributed by atoms with Gasteiger partial charge >= 0.3 is 0 Å². The molecule has 8 heteroatoms. The largest absolute Gasteiger partial charge is 0.409 e. The first kappa shape index (κ1) is 14.1. The lowest BCUT2D eigenvalue weighted by molar-refractivity contribution is 0.0807. The molecule has 1 aromatic rings. The van der Waals surface area contributed by atoms with Gasteiger partial charge in [0.15, 0.2) is 5.84 Å². The molecule has 0 bridgehead atoms. The minimum Gasteiger partial charge on any atom is -0.409 e. The number of ether oxygens (including phenoxy) is 1. The zero-order valence-electron chi connectivity index (χ0n) is 11.1. The van der Waals surface area contributed by atoms with Crippen molar-refractivity contribution < 1.29 is 14.7 Å². The molecular weight excluding hydrogens is 262 g/mol. The average molecular weight is 279 g/mol. The Morgan fingerprint density at radius 1 is 1.70 bits per heavy atom. The Bertz CT molecular complexity index is 520. The van der Waals surface area contributed by atoms with Crippen molar-refractivity contribution >= 4 is 17.4 Å². The van der Waals surface area contributed by atoms with Gasteiger partial charge in [-0.2, -0.15) is 0 Å². The molecule has 0 aliphatic carbocycles. The number of amides is 1. The van der Waals surface area contributed by atoms with E-state index in [1.807, 2.05) is 4.90 Å². The summed E-state index contributed by atoms with van der Waals surface area (Å²) in [6.07, 6.45) is 1.11. The minimum absolute atomic E-state index is 0.0373. The number of nitrogens with two attached hydrogens (primary N) is 1. The van der Waals surface area contributed by atoms with Crippen molar-refractivity contribution in [2.45, 2.75) is 6.10 Å². The van der Waals surface area contributed by atoms with Gasteiger partial charge in [0, 0.05) is 25.5 Å². The van der Waals surface area contributed by atoms with Crippen molar-refractivity contribution in [3.63, 3.8) is 0 Å². The maximum Gasteiger partial charge on any atom is 0.269 e. The predicted molar refractivity (Wildman–Crippen MR) is 73.0 cm³/mol. The molecule has 108 valence electrons.